The Hall–Kier alpha value is -2.83. The van der Waals surface area contributed by atoms with Crippen molar-refractivity contribution in [1.29, 1.82) is 0 Å². The first-order valence-corrected chi connectivity index (χ1v) is 5.82. The van der Waals surface area contributed by atoms with E-state index in [4.69, 9.17) is 4.52 Å². The molecule has 0 fully saturated rings. The van der Waals surface area contributed by atoms with Crippen LogP contribution in [0.25, 0.3) is 22.8 Å². The molecule has 4 nitrogen and oxygen atoms in total. The molecule has 1 heterocycles. The van der Waals surface area contributed by atoms with Gasteiger partial charge in [-0.05, 0) is 24.3 Å². The Balaban J connectivity index is 2.08. The second-order valence-corrected chi connectivity index (χ2v) is 4.22. The number of phenols is 1. The molecule has 0 unspecified atom stereocenters. The van der Waals surface area contributed by atoms with Crippen molar-refractivity contribution in [3.05, 3.63) is 53.8 Å². The fourth-order valence-electron chi connectivity index (χ4n) is 1.85. The van der Waals surface area contributed by atoms with Crippen LogP contribution in [0.1, 0.15) is 0 Å². The summed E-state index contributed by atoms with van der Waals surface area (Å²) in [6.07, 6.45) is 0. The van der Waals surface area contributed by atoms with E-state index in [1.165, 1.54) is 12.1 Å². The molecular weight excluding hydrogens is 285 g/mol. The summed E-state index contributed by atoms with van der Waals surface area (Å²) in [7, 11) is 0. The van der Waals surface area contributed by atoms with E-state index < -0.39 is 17.5 Å². The number of aromatic nitrogens is 2. The van der Waals surface area contributed by atoms with E-state index in [1.807, 2.05) is 0 Å². The highest BCUT2D eigenvalue weighted by molar-refractivity contribution is 5.65. The van der Waals surface area contributed by atoms with Gasteiger partial charge >= 0.3 is 0 Å². The van der Waals surface area contributed by atoms with Gasteiger partial charge in [-0.3, -0.25) is 0 Å². The Morgan fingerprint density at radius 1 is 1.00 bits per heavy atom. The van der Waals surface area contributed by atoms with Crippen molar-refractivity contribution in [1.82, 2.24) is 10.1 Å². The second-order valence-electron chi connectivity index (χ2n) is 4.22. The molecule has 0 spiro atoms. The van der Waals surface area contributed by atoms with Crippen molar-refractivity contribution in [2.75, 3.05) is 0 Å². The molecule has 3 rings (SSSR count). The highest BCUT2D eigenvalue weighted by atomic mass is 19.1. The summed E-state index contributed by atoms with van der Waals surface area (Å²) in [5, 5.41) is 13.2. The summed E-state index contributed by atoms with van der Waals surface area (Å²) >= 11 is 0. The molecule has 1 N–H and O–H groups in total. The quantitative estimate of drug-likeness (QED) is 0.785. The molecule has 0 amide bonds. The minimum atomic E-state index is -0.801. The van der Waals surface area contributed by atoms with Crippen LogP contribution in [0.5, 0.6) is 5.75 Å². The van der Waals surface area contributed by atoms with Crippen LogP contribution in [0, 0.1) is 17.5 Å². The lowest BCUT2D eigenvalue weighted by Gasteiger charge is -1.99. The number of benzene rings is 2. The molecule has 0 aliphatic rings. The van der Waals surface area contributed by atoms with E-state index >= 15 is 0 Å². The maximum atomic E-state index is 13.7. The van der Waals surface area contributed by atoms with Gasteiger partial charge in [0.1, 0.15) is 28.8 Å². The standard InChI is InChI=1S/C14H7F3N2O2/c15-8-4-7(5-9(16)6-8)13-18-14(21-19-13)12-10(17)2-1-3-11(12)20/h1-6,20H. The predicted octanol–water partition coefficient (Wildman–Crippen LogP) is 3.53. The zero-order valence-corrected chi connectivity index (χ0v) is 10.3. The molecule has 7 heteroatoms. The molecule has 0 radical (unpaired) electrons. The number of hydrogen-bond donors (Lipinski definition) is 1. The van der Waals surface area contributed by atoms with Crippen LogP contribution in [0.4, 0.5) is 13.2 Å². The highest BCUT2D eigenvalue weighted by Gasteiger charge is 2.18. The Bertz CT molecular complexity index is 777. The number of phenolic OH excluding ortho intramolecular Hbond substituents is 1. The third-order valence-electron chi connectivity index (χ3n) is 2.75. The lowest BCUT2D eigenvalue weighted by molar-refractivity contribution is 0.421. The lowest BCUT2D eigenvalue weighted by atomic mass is 10.2. The molecule has 0 saturated carbocycles. The summed E-state index contributed by atoms with van der Waals surface area (Å²) in [4.78, 5) is 3.84. The first-order chi connectivity index (χ1) is 10.0. The van der Waals surface area contributed by atoms with Crippen LogP contribution in [0.2, 0.25) is 0 Å². The molecule has 21 heavy (non-hydrogen) atoms. The van der Waals surface area contributed by atoms with Crippen molar-refractivity contribution >= 4 is 0 Å². The van der Waals surface area contributed by atoms with Gasteiger partial charge in [-0.1, -0.05) is 11.2 Å². The first-order valence-electron chi connectivity index (χ1n) is 5.82. The van der Waals surface area contributed by atoms with E-state index in [-0.39, 0.29) is 28.6 Å². The van der Waals surface area contributed by atoms with Gasteiger partial charge < -0.3 is 9.63 Å². The summed E-state index contributed by atoms with van der Waals surface area (Å²) < 4.78 is 44.8. The molecule has 1 aromatic heterocycles. The number of nitrogens with zero attached hydrogens (tertiary/aromatic N) is 2. The maximum absolute atomic E-state index is 13.7. The SMILES string of the molecule is Oc1cccc(F)c1-c1nc(-c2cc(F)cc(F)c2)no1. The minimum Gasteiger partial charge on any atom is -0.507 e. The van der Waals surface area contributed by atoms with E-state index in [0.29, 0.717) is 6.07 Å². The Labute approximate surface area is 116 Å². The van der Waals surface area contributed by atoms with Crippen molar-refractivity contribution in [3.63, 3.8) is 0 Å². The molecule has 2 aromatic carbocycles. The van der Waals surface area contributed by atoms with Crippen LogP contribution < -0.4 is 0 Å². The lowest BCUT2D eigenvalue weighted by Crippen LogP contribution is -1.87. The van der Waals surface area contributed by atoms with Gasteiger partial charge in [0, 0.05) is 11.6 Å². The van der Waals surface area contributed by atoms with Gasteiger partial charge in [0.25, 0.3) is 5.89 Å². The summed E-state index contributed by atoms with van der Waals surface area (Å²) in [5.74, 6) is -3.14. The van der Waals surface area contributed by atoms with Crippen molar-refractivity contribution in [3.8, 4) is 28.6 Å². The number of halogens is 3. The van der Waals surface area contributed by atoms with Crippen LogP contribution in [0.15, 0.2) is 40.9 Å². The van der Waals surface area contributed by atoms with E-state index in [9.17, 15) is 18.3 Å². The van der Waals surface area contributed by atoms with Crippen molar-refractivity contribution in [2.45, 2.75) is 0 Å². The van der Waals surface area contributed by atoms with Gasteiger partial charge in [-0.15, -0.1) is 0 Å². The van der Waals surface area contributed by atoms with E-state index in [1.54, 1.807) is 0 Å². The van der Waals surface area contributed by atoms with Crippen molar-refractivity contribution in [2.24, 2.45) is 0 Å². The molecule has 106 valence electrons. The predicted molar refractivity (Wildman–Crippen MR) is 66.7 cm³/mol. The fourth-order valence-corrected chi connectivity index (χ4v) is 1.85. The molecule has 0 atom stereocenters. The van der Waals surface area contributed by atoms with Crippen LogP contribution >= 0.6 is 0 Å². The minimum absolute atomic E-state index is 0.0401. The largest absolute Gasteiger partial charge is 0.507 e. The van der Waals surface area contributed by atoms with Gasteiger partial charge in [0.15, 0.2) is 0 Å². The summed E-state index contributed by atoms with van der Waals surface area (Å²) in [5.41, 5.74) is -0.230. The summed E-state index contributed by atoms with van der Waals surface area (Å²) in [6, 6.07) is 6.41. The number of aromatic hydroxyl groups is 1. The van der Waals surface area contributed by atoms with Gasteiger partial charge in [0.2, 0.25) is 5.82 Å². The molecular formula is C14H7F3N2O2. The molecule has 0 bridgehead atoms. The van der Waals surface area contributed by atoms with Gasteiger partial charge in [-0.2, -0.15) is 4.98 Å². The third kappa shape index (κ3) is 2.45. The molecule has 0 aliphatic carbocycles. The summed E-state index contributed by atoms with van der Waals surface area (Å²) in [6.45, 7) is 0. The van der Waals surface area contributed by atoms with Crippen LogP contribution in [0.3, 0.4) is 0 Å². The fraction of sp³-hybridized carbons (Fsp3) is 0. The zero-order valence-electron chi connectivity index (χ0n) is 10.3. The molecule has 0 aliphatic heterocycles. The normalized spacial score (nSPS) is 10.8. The van der Waals surface area contributed by atoms with Gasteiger partial charge in [-0.25, -0.2) is 13.2 Å². The van der Waals surface area contributed by atoms with E-state index in [2.05, 4.69) is 10.1 Å². The Morgan fingerprint density at radius 2 is 1.71 bits per heavy atom. The molecule has 0 saturated heterocycles. The van der Waals surface area contributed by atoms with Crippen LogP contribution in [-0.2, 0) is 0 Å². The topological polar surface area (TPSA) is 59.2 Å². The van der Waals surface area contributed by atoms with E-state index in [0.717, 1.165) is 18.2 Å². The Morgan fingerprint density at radius 3 is 2.38 bits per heavy atom. The average Bonchev–Trinajstić information content (AvgIpc) is 2.87. The second kappa shape index (κ2) is 4.93. The number of rotatable bonds is 2. The Kier molecular flexibility index (Phi) is 3.09. The molecule has 3 aromatic rings. The zero-order chi connectivity index (χ0) is 15.0. The average molecular weight is 292 g/mol. The number of hydrogen-bond acceptors (Lipinski definition) is 4. The van der Waals surface area contributed by atoms with Crippen LogP contribution in [-0.4, -0.2) is 15.2 Å². The van der Waals surface area contributed by atoms with Crippen molar-refractivity contribution < 1.29 is 22.8 Å². The maximum Gasteiger partial charge on any atom is 0.265 e. The first kappa shape index (κ1) is 13.2. The smallest absolute Gasteiger partial charge is 0.265 e. The van der Waals surface area contributed by atoms with Gasteiger partial charge in [0.05, 0.1) is 0 Å². The third-order valence-corrected chi connectivity index (χ3v) is 2.75. The monoisotopic (exact) mass is 292 g/mol. The highest BCUT2D eigenvalue weighted by Crippen LogP contribution is 2.31.